The zero-order valence-corrected chi connectivity index (χ0v) is 12.7. The summed E-state index contributed by atoms with van der Waals surface area (Å²) in [5.74, 6) is -0.939. The maximum atomic E-state index is 11.8. The van der Waals surface area contributed by atoms with E-state index in [0.29, 0.717) is 12.3 Å². The Balaban J connectivity index is 2.34. The topological polar surface area (TPSA) is 81.7 Å². The monoisotopic (exact) mass is 285 g/mol. The highest BCUT2D eigenvalue weighted by Crippen LogP contribution is 2.15. The highest BCUT2D eigenvalue weighted by atomic mass is 16.4. The molecule has 0 spiro atoms. The standard InChI is InChI=1S/C14H27N3O3/c1-4-5-11(13(18)19)8-15-14(20)16-12-6-7-17(3)9-10(12)2/h10-12H,4-9H2,1-3H3,(H,18,19)(H2,15,16,20). The van der Waals surface area contributed by atoms with Crippen molar-refractivity contribution >= 4 is 12.0 Å². The molecule has 1 heterocycles. The Labute approximate surface area is 120 Å². The lowest BCUT2D eigenvalue weighted by Gasteiger charge is -2.35. The predicted molar refractivity (Wildman–Crippen MR) is 77.6 cm³/mol. The number of carbonyl (C=O) groups is 2. The van der Waals surface area contributed by atoms with Crippen molar-refractivity contribution in [1.29, 1.82) is 0 Å². The van der Waals surface area contributed by atoms with Crippen LogP contribution >= 0.6 is 0 Å². The minimum absolute atomic E-state index is 0.167. The van der Waals surface area contributed by atoms with Crippen LogP contribution in [-0.4, -0.2) is 54.7 Å². The van der Waals surface area contributed by atoms with Gasteiger partial charge in [-0.15, -0.1) is 0 Å². The van der Waals surface area contributed by atoms with Gasteiger partial charge in [0, 0.05) is 19.1 Å². The molecule has 0 saturated carbocycles. The van der Waals surface area contributed by atoms with E-state index in [1.54, 1.807) is 0 Å². The van der Waals surface area contributed by atoms with E-state index in [1.165, 1.54) is 0 Å². The van der Waals surface area contributed by atoms with Gasteiger partial charge in [0.15, 0.2) is 0 Å². The van der Waals surface area contributed by atoms with Crippen LogP contribution in [0.25, 0.3) is 0 Å². The van der Waals surface area contributed by atoms with E-state index in [9.17, 15) is 9.59 Å². The zero-order valence-electron chi connectivity index (χ0n) is 12.7. The Morgan fingerprint density at radius 3 is 2.70 bits per heavy atom. The smallest absolute Gasteiger partial charge is 0.315 e. The summed E-state index contributed by atoms with van der Waals surface area (Å²) in [6.07, 6.45) is 2.31. The molecule has 0 aliphatic carbocycles. The lowest BCUT2D eigenvalue weighted by molar-refractivity contribution is -0.141. The fourth-order valence-corrected chi connectivity index (χ4v) is 2.67. The minimum atomic E-state index is -0.847. The lowest BCUT2D eigenvalue weighted by atomic mass is 9.94. The third-order valence-electron chi connectivity index (χ3n) is 3.92. The van der Waals surface area contributed by atoms with Gasteiger partial charge in [0.25, 0.3) is 0 Å². The number of hydrogen-bond donors (Lipinski definition) is 3. The fourth-order valence-electron chi connectivity index (χ4n) is 2.67. The number of carboxylic acid groups (broad SMARTS) is 1. The highest BCUT2D eigenvalue weighted by Gasteiger charge is 2.25. The molecule has 0 aromatic heterocycles. The number of aliphatic carboxylic acids is 1. The normalized spacial score (nSPS) is 24.9. The molecule has 0 bridgehead atoms. The number of urea groups is 1. The van der Waals surface area contributed by atoms with Gasteiger partial charge >= 0.3 is 12.0 Å². The molecule has 6 nitrogen and oxygen atoms in total. The molecule has 1 saturated heterocycles. The summed E-state index contributed by atoms with van der Waals surface area (Å²) in [7, 11) is 2.08. The number of hydrogen-bond acceptors (Lipinski definition) is 3. The van der Waals surface area contributed by atoms with Gasteiger partial charge in [-0.3, -0.25) is 4.79 Å². The number of amides is 2. The summed E-state index contributed by atoms with van der Waals surface area (Å²) >= 11 is 0. The van der Waals surface area contributed by atoms with Crippen LogP contribution in [-0.2, 0) is 4.79 Å². The zero-order chi connectivity index (χ0) is 15.1. The van der Waals surface area contributed by atoms with Crippen molar-refractivity contribution in [3.8, 4) is 0 Å². The van der Waals surface area contributed by atoms with E-state index in [1.807, 2.05) is 6.92 Å². The molecule has 20 heavy (non-hydrogen) atoms. The molecule has 116 valence electrons. The van der Waals surface area contributed by atoms with E-state index >= 15 is 0 Å². The predicted octanol–water partition coefficient (Wildman–Crippen LogP) is 1.13. The van der Waals surface area contributed by atoms with Crippen molar-refractivity contribution in [3.63, 3.8) is 0 Å². The van der Waals surface area contributed by atoms with Gasteiger partial charge in [-0.25, -0.2) is 4.79 Å². The Morgan fingerprint density at radius 1 is 1.45 bits per heavy atom. The number of carbonyl (C=O) groups excluding carboxylic acids is 1. The molecule has 2 amide bonds. The fraction of sp³-hybridized carbons (Fsp3) is 0.857. The Kier molecular flexibility index (Phi) is 6.78. The minimum Gasteiger partial charge on any atom is -0.481 e. The first-order valence-electron chi connectivity index (χ1n) is 7.39. The molecule has 1 rings (SSSR count). The van der Waals surface area contributed by atoms with Gasteiger partial charge in [-0.1, -0.05) is 20.3 Å². The summed E-state index contributed by atoms with van der Waals surface area (Å²) in [4.78, 5) is 25.1. The molecule has 0 aromatic rings. The van der Waals surface area contributed by atoms with Crippen molar-refractivity contribution in [2.24, 2.45) is 11.8 Å². The van der Waals surface area contributed by atoms with Crippen molar-refractivity contribution < 1.29 is 14.7 Å². The largest absolute Gasteiger partial charge is 0.481 e. The first-order chi connectivity index (χ1) is 9.43. The van der Waals surface area contributed by atoms with Crippen molar-refractivity contribution in [1.82, 2.24) is 15.5 Å². The number of nitrogens with zero attached hydrogens (tertiary/aromatic N) is 1. The maximum absolute atomic E-state index is 11.8. The third-order valence-corrected chi connectivity index (χ3v) is 3.92. The van der Waals surface area contributed by atoms with Gasteiger partial charge in [0.2, 0.25) is 0 Å². The number of carboxylic acids is 1. The van der Waals surface area contributed by atoms with Crippen LogP contribution in [0.2, 0.25) is 0 Å². The van der Waals surface area contributed by atoms with Crippen molar-refractivity contribution in [2.45, 2.75) is 39.2 Å². The maximum Gasteiger partial charge on any atom is 0.315 e. The molecule has 3 N–H and O–H groups in total. The Bertz CT molecular complexity index is 336. The van der Waals surface area contributed by atoms with Crippen LogP contribution in [0.1, 0.15) is 33.1 Å². The van der Waals surface area contributed by atoms with Crippen LogP contribution in [0, 0.1) is 11.8 Å². The summed E-state index contributed by atoms with van der Waals surface area (Å²) in [6.45, 7) is 6.20. The second-order valence-corrected chi connectivity index (χ2v) is 5.81. The molecule has 1 fully saturated rings. The molecule has 3 atom stereocenters. The molecular weight excluding hydrogens is 258 g/mol. The van der Waals surface area contributed by atoms with Gasteiger partial charge in [0.1, 0.15) is 0 Å². The van der Waals surface area contributed by atoms with E-state index < -0.39 is 11.9 Å². The van der Waals surface area contributed by atoms with Crippen molar-refractivity contribution in [2.75, 3.05) is 26.7 Å². The van der Waals surface area contributed by atoms with E-state index in [2.05, 4.69) is 29.5 Å². The van der Waals surface area contributed by atoms with Crippen LogP contribution in [0.5, 0.6) is 0 Å². The average Bonchev–Trinajstić information content (AvgIpc) is 2.37. The number of likely N-dealkylation sites (tertiary alicyclic amines) is 1. The highest BCUT2D eigenvalue weighted by molar-refractivity contribution is 5.76. The van der Waals surface area contributed by atoms with Crippen LogP contribution in [0.15, 0.2) is 0 Å². The second-order valence-electron chi connectivity index (χ2n) is 5.81. The van der Waals surface area contributed by atoms with Crippen LogP contribution < -0.4 is 10.6 Å². The SMILES string of the molecule is CCCC(CNC(=O)NC1CCN(C)CC1C)C(=O)O. The van der Waals surface area contributed by atoms with Gasteiger partial charge in [-0.2, -0.15) is 0 Å². The van der Waals surface area contributed by atoms with E-state index in [4.69, 9.17) is 5.11 Å². The van der Waals surface area contributed by atoms with E-state index in [0.717, 1.165) is 25.9 Å². The number of piperidine rings is 1. The molecular formula is C14H27N3O3. The quantitative estimate of drug-likeness (QED) is 0.683. The second kappa shape index (κ2) is 8.09. The summed E-state index contributed by atoms with van der Waals surface area (Å²) in [5.41, 5.74) is 0. The lowest BCUT2D eigenvalue weighted by Crippen LogP contribution is -2.52. The summed E-state index contributed by atoms with van der Waals surface area (Å²) in [5, 5.41) is 14.7. The third kappa shape index (κ3) is 5.36. The number of rotatable bonds is 6. The van der Waals surface area contributed by atoms with Crippen LogP contribution in [0.4, 0.5) is 4.79 Å². The van der Waals surface area contributed by atoms with Gasteiger partial charge < -0.3 is 20.6 Å². The molecule has 3 unspecified atom stereocenters. The van der Waals surface area contributed by atoms with Gasteiger partial charge in [-0.05, 0) is 32.4 Å². The van der Waals surface area contributed by atoms with E-state index in [-0.39, 0.29) is 18.6 Å². The summed E-state index contributed by atoms with van der Waals surface area (Å²) < 4.78 is 0. The summed E-state index contributed by atoms with van der Waals surface area (Å²) in [6, 6.07) is -0.0885. The number of nitrogens with one attached hydrogen (secondary N) is 2. The Morgan fingerprint density at radius 2 is 2.15 bits per heavy atom. The average molecular weight is 285 g/mol. The molecule has 0 radical (unpaired) electrons. The van der Waals surface area contributed by atoms with Crippen LogP contribution in [0.3, 0.4) is 0 Å². The first kappa shape index (κ1) is 16.8. The Hall–Kier alpha value is -1.30. The first-order valence-corrected chi connectivity index (χ1v) is 7.39. The molecule has 0 aromatic carbocycles. The molecule has 1 aliphatic heterocycles. The molecule has 1 aliphatic rings. The molecule has 6 heteroatoms. The van der Waals surface area contributed by atoms with Gasteiger partial charge in [0.05, 0.1) is 5.92 Å². The van der Waals surface area contributed by atoms with Crippen molar-refractivity contribution in [3.05, 3.63) is 0 Å².